The van der Waals surface area contributed by atoms with Crippen LogP contribution in [0.2, 0.25) is 0 Å². The Bertz CT molecular complexity index is 1280. The van der Waals surface area contributed by atoms with Crippen LogP contribution in [0.15, 0.2) is 65.8 Å². The Morgan fingerprint density at radius 1 is 0.967 bits per heavy atom. The smallest absolute Gasteiger partial charge is 0.332 e. The maximum Gasteiger partial charge on any atom is 0.332 e. The van der Waals surface area contributed by atoms with Crippen LogP contribution in [0, 0.1) is 6.92 Å². The van der Waals surface area contributed by atoms with Gasteiger partial charge in [-0.25, -0.2) is 4.79 Å². The predicted octanol–water partition coefficient (Wildman–Crippen LogP) is 6.00. The van der Waals surface area contributed by atoms with Crippen LogP contribution in [-0.4, -0.2) is 16.2 Å². The molecule has 0 aliphatic rings. The van der Waals surface area contributed by atoms with E-state index < -0.39 is 5.97 Å². The standard InChI is InChI=1S/C26H26N2O2/c1-5-19-11-13-24-22(15-19)23-16-20(12-14-25(23)28(24)6-2)26(27-30-18(4)29)21-10-8-7-9-17(21)3/h7-16H,5-6H2,1-4H3. The van der Waals surface area contributed by atoms with Gasteiger partial charge in [-0.15, -0.1) is 0 Å². The number of rotatable bonds is 5. The summed E-state index contributed by atoms with van der Waals surface area (Å²) in [6.07, 6.45) is 0.997. The highest BCUT2D eigenvalue weighted by atomic mass is 16.7. The summed E-state index contributed by atoms with van der Waals surface area (Å²) in [5, 5.41) is 6.66. The lowest BCUT2D eigenvalue weighted by atomic mass is 9.97. The zero-order chi connectivity index (χ0) is 21.3. The molecule has 0 atom stereocenters. The maximum absolute atomic E-state index is 11.5. The topological polar surface area (TPSA) is 43.6 Å². The van der Waals surface area contributed by atoms with Crippen LogP contribution >= 0.6 is 0 Å². The Balaban J connectivity index is 1.98. The molecule has 1 heterocycles. The summed E-state index contributed by atoms with van der Waals surface area (Å²) in [4.78, 5) is 16.5. The van der Waals surface area contributed by atoms with Gasteiger partial charge in [0.1, 0.15) is 5.71 Å². The first-order chi connectivity index (χ1) is 14.5. The second kappa shape index (κ2) is 8.15. The molecule has 0 fully saturated rings. The van der Waals surface area contributed by atoms with Gasteiger partial charge in [0.2, 0.25) is 0 Å². The SMILES string of the molecule is CCc1ccc2c(c1)c1cc(C(=NOC(C)=O)c3ccccc3C)ccc1n2CC. The fourth-order valence-corrected chi connectivity index (χ4v) is 4.07. The molecular formula is C26H26N2O2. The molecule has 4 rings (SSSR count). The first kappa shape index (κ1) is 19.9. The summed E-state index contributed by atoms with van der Waals surface area (Å²) in [5.74, 6) is -0.433. The second-order valence-corrected chi connectivity index (χ2v) is 7.52. The number of nitrogens with zero attached hydrogens (tertiary/aromatic N) is 2. The number of aromatic nitrogens is 1. The van der Waals surface area contributed by atoms with Crippen LogP contribution in [0.25, 0.3) is 21.8 Å². The van der Waals surface area contributed by atoms with E-state index in [1.165, 1.54) is 34.3 Å². The van der Waals surface area contributed by atoms with Crippen LogP contribution in [0.3, 0.4) is 0 Å². The Morgan fingerprint density at radius 3 is 2.33 bits per heavy atom. The molecule has 0 aliphatic heterocycles. The number of oxime groups is 1. The average molecular weight is 399 g/mol. The minimum Gasteiger partial charge on any atom is -0.341 e. The van der Waals surface area contributed by atoms with Gasteiger partial charge in [-0.2, -0.15) is 0 Å². The summed E-state index contributed by atoms with van der Waals surface area (Å²) < 4.78 is 2.34. The summed E-state index contributed by atoms with van der Waals surface area (Å²) in [6, 6.07) is 21.1. The van der Waals surface area contributed by atoms with Crippen molar-refractivity contribution in [1.29, 1.82) is 0 Å². The molecule has 0 radical (unpaired) electrons. The van der Waals surface area contributed by atoms with Crippen molar-refractivity contribution >= 4 is 33.5 Å². The fraction of sp³-hybridized carbons (Fsp3) is 0.231. The van der Waals surface area contributed by atoms with Crippen LogP contribution < -0.4 is 0 Å². The van der Waals surface area contributed by atoms with Crippen molar-refractivity contribution in [1.82, 2.24) is 4.57 Å². The molecule has 152 valence electrons. The normalized spacial score (nSPS) is 11.9. The van der Waals surface area contributed by atoms with Gasteiger partial charge in [0.05, 0.1) is 0 Å². The number of aryl methyl sites for hydroxylation is 3. The van der Waals surface area contributed by atoms with Crippen LogP contribution in [-0.2, 0) is 22.6 Å². The summed E-state index contributed by atoms with van der Waals surface area (Å²) in [6.45, 7) is 8.64. The zero-order valence-electron chi connectivity index (χ0n) is 17.9. The van der Waals surface area contributed by atoms with Crippen molar-refractivity contribution in [2.45, 2.75) is 40.7 Å². The van der Waals surface area contributed by atoms with E-state index >= 15 is 0 Å². The van der Waals surface area contributed by atoms with Crippen molar-refractivity contribution in [2.75, 3.05) is 0 Å². The Kier molecular flexibility index (Phi) is 5.40. The Hall–Kier alpha value is -3.40. The van der Waals surface area contributed by atoms with Gasteiger partial charge in [0.15, 0.2) is 0 Å². The molecule has 0 saturated carbocycles. The molecule has 4 aromatic rings. The van der Waals surface area contributed by atoms with Crippen molar-refractivity contribution < 1.29 is 9.63 Å². The van der Waals surface area contributed by atoms with Gasteiger partial charge < -0.3 is 9.40 Å². The third-order valence-electron chi connectivity index (χ3n) is 5.59. The van der Waals surface area contributed by atoms with E-state index in [0.29, 0.717) is 5.71 Å². The molecule has 1 aromatic heterocycles. The van der Waals surface area contributed by atoms with E-state index in [9.17, 15) is 4.79 Å². The quantitative estimate of drug-likeness (QED) is 0.235. The highest BCUT2D eigenvalue weighted by molar-refractivity contribution is 6.17. The average Bonchev–Trinajstić information content (AvgIpc) is 3.07. The largest absolute Gasteiger partial charge is 0.341 e. The van der Waals surface area contributed by atoms with Crippen molar-refractivity contribution in [3.8, 4) is 0 Å². The lowest BCUT2D eigenvalue weighted by Crippen LogP contribution is -2.08. The Labute approximate surface area is 176 Å². The molecule has 0 saturated heterocycles. The highest BCUT2D eigenvalue weighted by Gasteiger charge is 2.16. The van der Waals surface area contributed by atoms with E-state index in [-0.39, 0.29) is 0 Å². The minimum atomic E-state index is -0.433. The Morgan fingerprint density at radius 2 is 1.67 bits per heavy atom. The molecule has 0 amide bonds. The van der Waals surface area contributed by atoms with Gasteiger partial charge in [-0.05, 0) is 55.7 Å². The van der Waals surface area contributed by atoms with Crippen molar-refractivity contribution in [2.24, 2.45) is 5.16 Å². The number of carbonyl (C=O) groups is 1. The lowest BCUT2D eigenvalue weighted by Gasteiger charge is -2.10. The van der Waals surface area contributed by atoms with Gasteiger partial charge >= 0.3 is 5.97 Å². The zero-order valence-corrected chi connectivity index (χ0v) is 17.9. The molecule has 0 unspecified atom stereocenters. The van der Waals surface area contributed by atoms with E-state index in [4.69, 9.17) is 4.84 Å². The third-order valence-corrected chi connectivity index (χ3v) is 5.59. The van der Waals surface area contributed by atoms with Crippen LogP contribution in [0.5, 0.6) is 0 Å². The molecule has 0 N–H and O–H groups in total. The number of hydrogen-bond acceptors (Lipinski definition) is 3. The first-order valence-electron chi connectivity index (χ1n) is 10.4. The van der Waals surface area contributed by atoms with Crippen molar-refractivity contribution in [3.63, 3.8) is 0 Å². The van der Waals surface area contributed by atoms with Gasteiger partial charge in [-0.3, -0.25) is 0 Å². The van der Waals surface area contributed by atoms with Gasteiger partial charge in [-0.1, -0.05) is 48.5 Å². The minimum absolute atomic E-state index is 0.433. The summed E-state index contributed by atoms with van der Waals surface area (Å²) in [5.41, 5.74) is 7.36. The van der Waals surface area contributed by atoms with E-state index in [2.05, 4.69) is 60.0 Å². The van der Waals surface area contributed by atoms with E-state index in [1.54, 1.807) is 0 Å². The molecule has 0 aliphatic carbocycles. The first-order valence-corrected chi connectivity index (χ1v) is 10.4. The molecule has 30 heavy (non-hydrogen) atoms. The molecule has 4 nitrogen and oxygen atoms in total. The number of hydrogen-bond donors (Lipinski definition) is 0. The number of carbonyl (C=O) groups excluding carboxylic acids is 1. The molecule has 3 aromatic carbocycles. The lowest BCUT2D eigenvalue weighted by molar-refractivity contribution is -0.140. The second-order valence-electron chi connectivity index (χ2n) is 7.52. The van der Waals surface area contributed by atoms with Crippen molar-refractivity contribution in [3.05, 3.63) is 82.9 Å². The van der Waals surface area contributed by atoms with Crippen LogP contribution in [0.1, 0.15) is 43.0 Å². The highest BCUT2D eigenvalue weighted by Crippen LogP contribution is 2.31. The van der Waals surface area contributed by atoms with E-state index in [1.807, 2.05) is 31.2 Å². The predicted molar refractivity (Wildman–Crippen MR) is 123 cm³/mol. The van der Waals surface area contributed by atoms with Gasteiger partial charge in [0, 0.05) is 46.4 Å². The van der Waals surface area contributed by atoms with Gasteiger partial charge in [0.25, 0.3) is 0 Å². The van der Waals surface area contributed by atoms with Crippen LogP contribution in [0.4, 0.5) is 0 Å². The molecular weight excluding hydrogens is 372 g/mol. The summed E-state index contributed by atoms with van der Waals surface area (Å²) >= 11 is 0. The molecule has 0 bridgehead atoms. The fourth-order valence-electron chi connectivity index (χ4n) is 4.07. The number of fused-ring (bicyclic) bond motifs is 3. The molecule has 4 heteroatoms. The monoisotopic (exact) mass is 398 g/mol. The number of benzene rings is 3. The summed E-state index contributed by atoms with van der Waals surface area (Å²) in [7, 11) is 0. The maximum atomic E-state index is 11.5. The van der Waals surface area contributed by atoms with E-state index in [0.717, 1.165) is 29.7 Å². The molecule has 0 spiro atoms. The third kappa shape index (κ3) is 3.50.